The number of unbranched alkanes of at least 4 members (excludes halogenated alkanes) is 4. The number of nitrogens with one attached hydrogen (secondary N) is 2. The Bertz CT molecular complexity index is 1340. The van der Waals surface area contributed by atoms with Gasteiger partial charge in [0.2, 0.25) is 0 Å². The Balaban J connectivity index is 1.16. The van der Waals surface area contributed by atoms with E-state index in [1.54, 1.807) is 26.0 Å². The summed E-state index contributed by atoms with van der Waals surface area (Å²) >= 11 is 12.6. The maximum Gasteiger partial charge on any atom is 0.257 e. The molecule has 0 spiro atoms. The van der Waals surface area contributed by atoms with Crippen molar-refractivity contribution in [2.75, 3.05) is 13.1 Å². The normalized spacial score (nSPS) is 11.0. The number of hydrogen-bond donors (Lipinski definition) is 2. The van der Waals surface area contributed by atoms with Crippen molar-refractivity contribution in [3.05, 3.63) is 81.2 Å². The van der Waals surface area contributed by atoms with Crippen molar-refractivity contribution in [1.82, 2.24) is 20.9 Å². The second kappa shape index (κ2) is 13.4. The van der Waals surface area contributed by atoms with Gasteiger partial charge in [-0.15, -0.1) is 0 Å². The maximum atomic E-state index is 12.8. The van der Waals surface area contributed by atoms with Gasteiger partial charge in [0.15, 0.2) is 0 Å². The van der Waals surface area contributed by atoms with Gasteiger partial charge in [-0.25, -0.2) is 0 Å². The number of carbonyl (C=O) groups excluding carboxylic acids is 2. The fourth-order valence-electron chi connectivity index (χ4n) is 4.31. The number of hydrogen-bond acceptors (Lipinski definition) is 6. The first-order valence-electron chi connectivity index (χ1n) is 12.9. The van der Waals surface area contributed by atoms with Crippen molar-refractivity contribution in [2.45, 2.75) is 46.0 Å². The minimum atomic E-state index is -0.230. The van der Waals surface area contributed by atoms with Crippen molar-refractivity contribution in [2.24, 2.45) is 0 Å². The van der Waals surface area contributed by atoms with E-state index >= 15 is 0 Å². The molecule has 0 aliphatic carbocycles. The van der Waals surface area contributed by atoms with Gasteiger partial charge in [0.05, 0.1) is 10.0 Å². The highest BCUT2D eigenvalue weighted by Gasteiger charge is 2.23. The van der Waals surface area contributed by atoms with E-state index in [1.807, 2.05) is 36.4 Å². The van der Waals surface area contributed by atoms with E-state index in [1.165, 1.54) is 0 Å². The van der Waals surface area contributed by atoms with Gasteiger partial charge in [0.1, 0.15) is 34.0 Å². The molecule has 2 aromatic heterocycles. The van der Waals surface area contributed by atoms with Crippen molar-refractivity contribution in [3.63, 3.8) is 0 Å². The highest BCUT2D eigenvalue weighted by molar-refractivity contribution is 6.33. The SMILES string of the molecule is Cc1onc(-c2ccccc2Cl)c1C(=O)NCCCCCCCNC(=O)c1c(-c2ccccc2Cl)noc1C. The summed E-state index contributed by atoms with van der Waals surface area (Å²) < 4.78 is 10.6. The molecule has 204 valence electrons. The molecular weight excluding hydrogens is 539 g/mol. The molecule has 8 nitrogen and oxygen atoms in total. The van der Waals surface area contributed by atoms with E-state index in [2.05, 4.69) is 20.9 Å². The van der Waals surface area contributed by atoms with Crippen LogP contribution in [-0.4, -0.2) is 35.2 Å². The third kappa shape index (κ3) is 6.88. The summed E-state index contributed by atoms with van der Waals surface area (Å²) in [5.41, 5.74) is 3.01. The Labute approximate surface area is 237 Å². The molecule has 0 unspecified atom stereocenters. The van der Waals surface area contributed by atoms with Crippen molar-refractivity contribution >= 4 is 35.0 Å². The molecule has 2 heterocycles. The summed E-state index contributed by atoms with van der Waals surface area (Å²) in [6, 6.07) is 14.4. The Morgan fingerprint density at radius 1 is 0.667 bits per heavy atom. The Kier molecular flexibility index (Phi) is 9.79. The minimum Gasteiger partial charge on any atom is -0.360 e. The van der Waals surface area contributed by atoms with Crippen LogP contribution in [0.3, 0.4) is 0 Å². The van der Waals surface area contributed by atoms with Crippen molar-refractivity contribution in [3.8, 4) is 22.5 Å². The highest BCUT2D eigenvalue weighted by atomic mass is 35.5. The molecule has 0 aliphatic heterocycles. The molecule has 0 radical (unpaired) electrons. The van der Waals surface area contributed by atoms with Gasteiger partial charge in [-0.1, -0.05) is 89.2 Å². The van der Waals surface area contributed by atoms with Crippen LogP contribution in [0.5, 0.6) is 0 Å². The van der Waals surface area contributed by atoms with Crippen LogP contribution in [0.15, 0.2) is 57.6 Å². The van der Waals surface area contributed by atoms with Crippen LogP contribution in [0.2, 0.25) is 10.0 Å². The monoisotopic (exact) mass is 568 g/mol. The number of nitrogens with zero attached hydrogens (tertiary/aromatic N) is 2. The highest BCUT2D eigenvalue weighted by Crippen LogP contribution is 2.32. The molecule has 0 saturated heterocycles. The standard InChI is InChI=1S/C29H30Cl2N4O4/c1-18-24(26(34-38-18)20-12-6-8-14-22(20)30)28(36)32-16-10-4-3-5-11-17-33-29(37)25-19(2)39-35-27(25)21-13-7-9-15-23(21)31/h6-9,12-15H,3-5,10-11,16-17H2,1-2H3,(H,32,36)(H,33,37). The van der Waals surface area contributed by atoms with Crippen LogP contribution < -0.4 is 10.6 Å². The molecule has 0 fully saturated rings. The molecule has 0 saturated carbocycles. The average molecular weight is 569 g/mol. The molecule has 4 aromatic rings. The van der Waals surface area contributed by atoms with Crippen molar-refractivity contribution in [1.29, 1.82) is 0 Å². The smallest absolute Gasteiger partial charge is 0.257 e. The second-order valence-electron chi connectivity index (χ2n) is 9.16. The molecule has 2 aromatic carbocycles. The predicted octanol–water partition coefficient (Wildman–Crippen LogP) is 7.03. The molecule has 10 heteroatoms. The van der Waals surface area contributed by atoms with Gasteiger partial charge in [0.25, 0.3) is 11.8 Å². The van der Waals surface area contributed by atoms with Crippen LogP contribution in [0, 0.1) is 13.8 Å². The number of aromatic nitrogens is 2. The van der Waals surface area contributed by atoms with Gasteiger partial charge < -0.3 is 19.7 Å². The van der Waals surface area contributed by atoms with E-state index in [0.29, 0.717) is 68.3 Å². The van der Waals surface area contributed by atoms with Gasteiger partial charge in [-0.2, -0.15) is 0 Å². The molecule has 0 atom stereocenters. The average Bonchev–Trinajstić information content (AvgIpc) is 3.50. The van der Waals surface area contributed by atoms with Crippen LogP contribution in [-0.2, 0) is 0 Å². The van der Waals surface area contributed by atoms with Gasteiger partial charge in [-0.05, 0) is 38.8 Å². The Hall–Kier alpha value is -3.62. The minimum absolute atomic E-state index is 0.230. The summed E-state index contributed by atoms with van der Waals surface area (Å²) in [5.74, 6) is 0.438. The zero-order valence-electron chi connectivity index (χ0n) is 21.9. The first-order valence-corrected chi connectivity index (χ1v) is 13.6. The quantitative estimate of drug-likeness (QED) is 0.177. The van der Waals surface area contributed by atoms with Gasteiger partial charge in [-0.3, -0.25) is 9.59 Å². The number of aryl methyl sites for hydroxylation is 2. The Morgan fingerprint density at radius 3 is 1.46 bits per heavy atom. The predicted molar refractivity (Wildman–Crippen MR) is 151 cm³/mol. The zero-order chi connectivity index (χ0) is 27.8. The summed E-state index contributed by atoms with van der Waals surface area (Å²) in [5, 5.41) is 15.0. The lowest BCUT2D eigenvalue weighted by molar-refractivity contribution is 0.0944. The van der Waals surface area contributed by atoms with E-state index in [4.69, 9.17) is 32.2 Å². The summed E-state index contributed by atoms with van der Waals surface area (Å²) in [7, 11) is 0. The van der Waals surface area contributed by atoms with Crippen LogP contribution in [0.4, 0.5) is 0 Å². The number of carbonyl (C=O) groups is 2. The molecule has 2 N–H and O–H groups in total. The molecule has 0 aliphatic rings. The Morgan fingerprint density at radius 2 is 1.05 bits per heavy atom. The fraction of sp³-hybridized carbons (Fsp3) is 0.310. The van der Waals surface area contributed by atoms with E-state index < -0.39 is 0 Å². The van der Waals surface area contributed by atoms with Crippen molar-refractivity contribution < 1.29 is 18.6 Å². The van der Waals surface area contributed by atoms with Crippen LogP contribution in [0.1, 0.15) is 64.3 Å². The van der Waals surface area contributed by atoms with Gasteiger partial charge in [0, 0.05) is 24.2 Å². The van der Waals surface area contributed by atoms with Gasteiger partial charge >= 0.3 is 0 Å². The number of benzene rings is 2. The summed E-state index contributed by atoms with van der Waals surface area (Å²) in [4.78, 5) is 25.6. The van der Waals surface area contributed by atoms with E-state index in [9.17, 15) is 9.59 Å². The lowest BCUT2D eigenvalue weighted by Gasteiger charge is -2.08. The first-order chi connectivity index (χ1) is 18.9. The summed E-state index contributed by atoms with van der Waals surface area (Å²) in [6.07, 6.45) is 4.57. The molecular formula is C29H30Cl2N4O4. The number of amides is 2. The van der Waals surface area contributed by atoms with Crippen LogP contribution in [0.25, 0.3) is 22.5 Å². The largest absolute Gasteiger partial charge is 0.360 e. The van der Waals surface area contributed by atoms with Crippen LogP contribution >= 0.6 is 23.2 Å². The maximum absolute atomic E-state index is 12.8. The fourth-order valence-corrected chi connectivity index (χ4v) is 4.76. The first kappa shape index (κ1) is 28.4. The topological polar surface area (TPSA) is 110 Å². The lowest BCUT2D eigenvalue weighted by Crippen LogP contribution is -2.25. The summed E-state index contributed by atoms with van der Waals surface area (Å²) in [6.45, 7) is 4.51. The molecule has 2 amide bonds. The number of halogens is 2. The third-order valence-corrected chi connectivity index (χ3v) is 7.02. The van der Waals surface area contributed by atoms with E-state index in [0.717, 1.165) is 32.1 Å². The molecule has 0 bridgehead atoms. The number of rotatable bonds is 12. The molecule has 39 heavy (non-hydrogen) atoms. The third-order valence-electron chi connectivity index (χ3n) is 6.36. The zero-order valence-corrected chi connectivity index (χ0v) is 23.4. The van der Waals surface area contributed by atoms with E-state index in [-0.39, 0.29) is 11.8 Å². The second-order valence-corrected chi connectivity index (χ2v) is 9.98. The molecule has 4 rings (SSSR count). The lowest BCUT2D eigenvalue weighted by atomic mass is 10.1.